The Morgan fingerprint density at radius 1 is 0.842 bits per heavy atom. The summed E-state index contributed by atoms with van der Waals surface area (Å²) in [7, 11) is 0. The largest absolute Gasteiger partial charge is 0.293 e. The molecule has 0 amide bonds. The van der Waals surface area contributed by atoms with Crippen molar-refractivity contribution in [3.05, 3.63) is 35.4 Å². The summed E-state index contributed by atoms with van der Waals surface area (Å²) in [6.07, 6.45) is 7.85. The molecule has 0 saturated carbocycles. The third-order valence-corrected chi connectivity index (χ3v) is 3.94. The summed E-state index contributed by atoms with van der Waals surface area (Å²) in [5.74, 6) is -0.327. The van der Waals surface area contributed by atoms with Crippen LogP contribution in [-0.4, -0.2) is 11.6 Å². The number of fused-ring (bicyclic) bond motifs is 1. The van der Waals surface area contributed by atoms with Crippen LogP contribution in [0.3, 0.4) is 0 Å². The van der Waals surface area contributed by atoms with E-state index in [0.717, 1.165) is 19.3 Å². The maximum Gasteiger partial charge on any atom is 0.174 e. The molecule has 1 aliphatic carbocycles. The molecule has 0 spiro atoms. The van der Waals surface area contributed by atoms with Gasteiger partial charge in [0.15, 0.2) is 11.6 Å². The lowest BCUT2D eigenvalue weighted by Gasteiger charge is -2.06. The van der Waals surface area contributed by atoms with Gasteiger partial charge in [-0.2, -0.15) is 0 Å². The molecule has 0 fully saturated rings. The molecule has 19 heavy (non-hydrogen) atoms. The average Bonchev–Trinajstić information content (AvgIpc) is 2.68. The van der Waals surface area contributed by atoms with Crippen LogP contribution in [0.15, 0.2) is 24.3 Å². The molecule has 2 heteroatoms. The molecule has 0 saturated heterocycles. The van der Waals surface area contributed by atoms with Gasteiger partial charge in [-0.1, -0.05) is 69.7 Å². The number of benzene rings is 1. The van der Waals surface area contributed by atoms with Crippen molar-refractivity contribution >= 4 is 11.6 Å². The van der Waals surface area contributed by atoms with Crippen LogP contribution in [0.25, 0.3) is 0 Å². The molecule has 0 heterocycles. The smallest absolute Gasteiger partial charge is 0.174 e. The van der Waals surface area contributed by atoms with Gasteiger partial charge in [-0.25, -0.2) is 0 Å². The van der Waals surface area contributed by atoms with Crippen LogP contribution in [0.1, 0.15) is 72.6 Å². The zero-order valence-electron chi connectivity index (χ0n) is 11.7. The zero-order chi connectivity index (χ0) is 13.7. The summed E-state index contributed by atoms with van der Waals surface area (Å²) < 4.78 is 0. The lowest BCUT2D eigenvalue weighted by Crippen LogP contribution is -2.14. The van der Waals surface area contributed by atoms with E-state index in [0.29, 0.717) is 11.1 Å². The number of carbonyl (C=O) groups is 2. The monoisotopic (exact) mass is 258 g/mol. The summed E-state index contributed by atoms with van der Waals surface area (Å²) in [6, 6.07) is 7.21. The lowest BCUT2D eigenvalue weighted by molar-refractivity contribution is 0.0829. The van der Waals surface area contributed by atoms with Crippen molar-refractivity contribution in [2.75, 3.05) is 0 Å². The Balaban J connectivity index is 1.83. The van der Waals surface area contributed by atoms with Crippen molar-refractivity contribution in [1.82, 2.24) is 0 Å². The zero-order valence-corrected chi connectivity index (χ0v) is 11.7. The van der Waals surface area contributed by atoms with Gasteiger partial charge >= 0.3 is 0 Å². The third-order valence-electron chi connectivity index (χ3n) is 3.94. The molecule has 0 aliphatic heterocycles. The molecule has 0 N–H and O–H groups in total. The Bertz CT molecular complexity index is 427. The fourth-order valence-electron chi connectivity index (χ4n) is 2.80. The molecule has 1 aromatic carbocycles. The first-order valence-electron chi connectivity index (χ1n) is 7.43. The van der Waals surface area contributed by atoms with Crippen molar-refractivity contribution in [1.29, 1.82) is 0 Å². The molecule has 0 radical (unpaired) electrons. The number of ketones is 2. The summed E-state index contributed by atoms with van der Waals surface area (Å²) in [6.45, 7) is 2.20. The first-order valence-corrected chi connectivity index (χ1v) is 7.43. The first kappa shape index (κ1) is 14.0. The average molecular weight is 258 g/mol. The molecule has 2 rings (SSSR count). The van der Waals surface area contributed by atoms with Crippen LogP contribution in [0, 0.1) is 5.92 Å². The second-order valence-corrected chi connectivity index (χ2v) is 5.38. The van der Waals surface area contributed by atoms with Gasteiger partial charge in [-0.3, -0.25) is 9.59 Å². The van der Waals surface area contributed by atoms with E-state index in [1.54, 1.807) is 12.1 Å². The Morgan fingerprint density at radius 2 is 1.37 bits per heavy atom. The molecule has 0 atom stereocenters. The third kappa shape index (κ3) is 3.12. The van der Waals surface area contributed by atoms with Gasteiger partial charge in [0.1, 0.15) is 0 Å². The van der Waals surface area contributed by atoms with E-state index in [-0.39, 0.29) is 11.6 Å². The first-order chi connectivity index (χ1) is 9.25. The molecule has 1 aromatic rings. The fraction of sp³-hybridized carbons (Fsp3) is 0.529. The van der Waals surface area contributed by atoms with E-state index in [2.05, 4.69) is 6.92 Å². The highest BCUT2D eigenvalue weighted by Gasteiger charge is 2.37. The topological polar surface area (TPSA) is 34.1 Å². The molecular weight excluding hydrogens is 236 g/mol. The second kappa shape index (κ2) is 6.65. The Kier molecular flexibility index (Phi) is 4.89. The van der Waals surface area contributed by atoms with Crippen molar-refractivity contribution in [3.8, 4) is 0 Å². The minimum Gasteiger partial charge on any atom is -0.293 e. The molecular formula is C17H22O2. The van der Waals surface area contributed by atoms with E-state index in [1.165, 1.54) is 25.7 Å². The highest BCUT2D eigenvalue weighted by atomic mass is 16.2. The number of hydrogen-bond donors (Lipinski definition) is 0. The summed E-state index contributed by atoms with van der Waals surface area (Å²) in [4.78, 5) is 24.3. The summed E-state index contributed by atoms with van der Waals surface area (Å²) in [5.41, 5.74) is 1.26. The standard InChI is InChI=1S/C17H22O2/c1-2-3-4-5-6-7-12-15-16(18)13-10-8-9-11-14(13)17(15)19/h8-11,15H,2-7,12H2,1H3. The number of hydrogen-bond acceptors (Lipinski definition) is 2. The van der Waals surface area contributed by atoms with Crippen LogP contribution in [-0.2, 0) is 0 Å². The van der Waals surface area contributed by atoms with Gasteiger partial charge in [0.25, 0.3) is 0 Å². The molecule has 0 aromatic heterocycles. The highest BCUT2D eigenvalue weighted by Crippen LogP contribution is 2.30. The normalized spacial score (nSPS) is 15.0. The van der Waals surface area contributed by atoms with Gasteiger partial charge in [-0.05, 0) is 6.42 Å². The summed E-state index contributed by atoms with van der Waals surface area (Å²) >= 11 is 0. The maximum atomic E-state index is 12.2. The predicted octanol–water partition coefficient (Wildman–Crippen LogP) is 4.43. The lowest BCUT2D eigenvalue weighted by atomic mass is 9.96. The van der Waals surface area contributed by atoms with Crippen molar-refractivity contribution in [2.45, 2.75) is 51.9 Å². The highest BCUT2D eigenvalue weighted by molar-refractivity contribution is 6.26. The number of unbranched alkanes of at least 4 members (excludes halogenated alkanes) is 5. The van der Waals surface area contributed by atoms with Crippen LogP contribution in [0.4, 0.5) is 0 Å². The van der Waals surface area contributed by atoms with Crippen LogP contribution in [0.2, 0.25) is 0 Å². The Hall–Kier alpha value is -1.44. The van der Waals surface area contributed by atoms with Crippen molar-refractivity contribution in [3.63, 3.8) is 0 Å². The minimum absolute atomic E-state index is 0.0363. The molecule has 1 aliphatic rings. The van der Waals surface area contributed by atoms with Crippen LogP contribution in [0.5, 0.6) is 0 Å². The predicted molar refractivity (Wildman–Crippen MR) is 76.6 cm³/mol. The Labute approximate surface area is 115 Å². The molecule has 0 bridgehead atoms. The Morgan fingerprint density at radius 3 is 1.95 bits per heavy atom. The maximum absolute atomic E-state index is 12.2. The molecule has 102 valence electrons. The number of Topliss-reactive ketones (excluding diaryl/α,β-unsaturated/α-hetero) is 2. The minimum atomic E-state index is -0.399. The van der Waals surface area contributed by atoms with E-state index in [9.17, 15) is 9.59 Å². The van der Waals surface area contributed by atoms with E-state index in [1.807, 2.05) is 12.1 Å². The number of rotatable bonds is 7. The van der Waals surface area contributed by atoms with Crippen molar-refractivity contribution in [2.24, 2.45) is 5.92 Å². The van der Waals surface area contributed by atoms with Crippen molar-refractivity contribution < 1.29 is 9.59 Å². The van der Waals surface area contributed by atoms with Gasteiger partial charge in [0.2, 0.25) is 0 Å². The number of carbonyl (C=O) groups excluding carboxylic acids is 2. The summed E-state index contributed by atoms with van der Waals surface area (Å²) in [5, 5.41) is 0. The van der Waals surface area contributed by atoms with E-state index >= 15 is 0 Å². The van der Waals surface area contributed by atoms with E-state index in [4.69, 9.17) is 0 Å². The molecule has 0 unspecified atom stereocenters. The molecule has 2 nitrogen and oxygen atoms in total. The van der Waals surface area contributed by atoms with Crippen LogP contribution >= 0.6 is 0 Å². The van der Waals surface area contributed by atoms with Gasteiger partial charge in [0.05, 0.1) is 5.92 Å². The van der Waals surface area contributed by atoms with Crippen LogP contribution < -0.4 is 0 Å². The fourth-order valence-corrected chi connectivity index (χ4v) is 2.80. The van der Waals surface area contributed by atoms with Gasteiger partial charge < -0.3 is 0 Å². The quantitative estimate of drug-likeness (QED) is 0.535. The SMILES string of the molecule is CCCCCCCCC1C(=O)c2ccccc2C1=O. The van der Waals surface area contributed by atoms with E-state index < -0.39 is 5.92 Å². The van der Waals surface area contributed by atoms with Gasteiger partial charge in [-0.15, -0.1) is 0 Å². The second-order valence-electron chi connectivity index (χ2n) is 5.38. The van der Waals surface area contributed by atoms with Gasteiger partial charge in [0, 0.05) is 11.1 Å².